The molecule has 1 atom stereocenters. The van der Waals surface area contributed by atoms with Gasteiger partial charge in [0.15, 0.2) is 6.10 Å². The Labute approximate surface area is 115 Å². The van der Waals surface area contributed by atoms with Crippen molar-refractivity contribution in [1.29, 1.82) is 0 Å². The molecule has 4 heteroatoms. The fraction of sp³-hybridized carbons (Fsp3) is 0.933. The minimum absolute atomic E-state index is 0.144. The van der Waals surface area contributed by atoms with Crippen molar-refractivity contribution in [3.8, 4) is 0 Å². The van der Waals surface area contributed by atoms with Gasteiger partial charge >= 0.3 is 0 Å². The Bertz CT molecular complexity index is 309. The summed E-state index contributed by atoms with van der Waals surface area (Å²) in [6.45, 7) is 3.43. The van der Waals surface area contributed by atoms with Gasteiger partial charge in [0, 0.05) is 13.1 Å². The van der Waals surface area contributed by atoms with E-state index in [0.717, 1.165) is 13.1 Å². The fourth-order valence-electron chi connectivity index (χ4n) is 3.84. The number of amides is 1. The summed E-state index contributed by atoms with van der Waals surface area (Å²) < 4.78 is 10.8. The smallest absolute Gasteiger partial charge is 0.254 e. The van der Waals surface area contributed by atoms with Gasteiger partial charge in [0.05, 0.1) is 19.8 Å². The number of nitrogens with zero attached hydrogens (tertiary/aromatic N) is 1. The predicted molar refractivity (Wildman–Crippen MR) is 71.9 cm³/mol. The SMILES string of the molecule is O=C(C1COCCO1)N1CCC2(CCCCC2)CC1. The predicted octanol–water partition coefficient (Wildman–Crippen LogP) is 1.97. The summed E-state index contributed by atoms with van der Waals surface area (Å²) in [5.41, 5.74) is 0.555. The standard InChI is InChI=1S/C15H25NO3/c17-14(13-12-18-10-11-19-13)16-8-6-15(7-9-16)4-2-1-3-5-15/h13H,1-12H2. The zero-order chi connectivity index (χ0) is 13.1. The number of hydrogen-bond donors (Lipinski definition) is 0. The van der Waals surface area contributed by atoms with Gasteiger partial charge in [0.2, 0.25) is 0 Å². The summed E-state index contributed by atoms with van der Waals surface area (Å²) in [5.74, 6) is 0.144. The zero-order valence-electron chi connectivity index (χ0n) is 11.7. The molecule has 0 radical (unpaired) electrons. The first-order chi connectivity index (χ1) is 9.29. The highest BCUT2D eigenvalue weighted by Crippen LogP contribution is 2.44. The molecule has 0 aromatic rings. The monoisotopic (exact) mass is 267 g/mol. The largest absolute Gasteiger partial charge is 0.376 e. The van der Waals surface area contributed by atoms with Crippen molar-refractivity contribution in [3.05, 3.63) is 0 Å². The Hall–Kier alpha value is -0.610. The highest BCUT2D eigenvalue weighted by molar-refractivity contribution is 5.81. The molecule has 2 saturated heterocycles. The van der Waals surface area contributed by atoms with E-state index in [1.807, 2.05) is 4.90 Å². The molecule has 3 aliphatic rings. The van der Waals surface area contributed by atoms with Crippen molar-refractivity contribution in [2.45, 2.75) is 51.0 Å². The molecule has 2 heterocycles. The van der Waals surface area contributed by atoms with Gasteiger partial charge in [0.1, 0.15) is 0 Å². The van der Waals surface area contributed by atoms with Gasteiger partial charge < -0.3 is 14.4 Å². The number of carbonyl (C=O) groups excluding carboxylic acids is 1. The topological polar surface area (TPSA) is 38.8 Å². The second-order valence-electron chi connectivity index (χ2n) is 6.32. The Morgan fingerprint density at radius 1 is 1.00 bits per heavy atom. The van der Waals surface area contributed by atoms with Crippen LogP contribution in [-0.2, 0) is 14.3 Å². The number of ether oxygens (including phenoxy) is 2. The maximum atomic E-state index is 12.3. The van der Waals surface area contributed by atoms with Gasteiger partial charge in [-0.3, -0.25) is 4.79 Å². The lowest BCUT2D eigenvalue weighted by Gasteiger charge is -2.45. The van der Waals surface area contributed by atoms with Crippen LogP contribution in [0.5, 0.6) is 0 Å². The van der Waals surface area contributed by atoms with Gasteiger partial charge in [-0.25, -0.2) is 0 Å². The van der Waals surface area contributed by atoms with Crippen molar-refractivity contribution >= 4 is 5.91 Å². The van der Waals surface area contributed by atoms with E-state index in [-0.39, 0.29) is 12.0 Å². The lowest BCUT2D eigenvalue weighted by Crippen LogP contribution is -2.50. The summed E-state index contributed by atoms with van der Waals surface area (Å²) in [7, 11) is 0. The molecule has 0 N–H and O–H groups in total. The second-order valence-corrected chi connectivity index (χ2v) is 6.32. The van der Waals surface area contributed by atoms with Gasteiger partial charge in [-0.15, -0.1) is 0 Å². The van der Waals surface area contributed by atoms with Crippen LogP contribution in [-0.4, -0.2) is 49.8 Å². The summed E-state index contributed by atoms with van der Waals surface area (Å²) in [6.07, 6.45) is 8.93. The maximum Gasteiger partial charge on any atom is 0.254 e. The molecule has 19 heavy (non-hydrogen) atoms. The maximum absolute atomic E-state index is 12.3. The Morgan fingerprint density at radius 3 is 2.37 bits per heavy atom. The highest BCUT2D eigenvalue weighted by atomic mass is 16.6. The molecule has 2 aliphatic heterocycles. The first-order valence-corrected chi connectivity index (χ1v) is 7.77. The summed E-state index contributed by atoms with van der Waals surface area (Å²) >= 11 is 0. The van der Waals surface area contributed by atoms with Crippen LogP contribution in [0.2, 0.25) is 0 Å². The molecule has 108 valence electrons. The first kappa shape index (κ1) is 13.4. The Morgan fingerprint density at radius 2 is 1.74 bits per heavy atom. The quantitative estimate of drug-likeness (QED) is 0.729. The number of rotatable bonds is 1. The molecule has 0 aromatic heterocycles. The summed E-state index contributed by atoms with van der Waals surface area (Å²) in [6, 6.07) is 0. The van der Waals surface area contributed by atoms with E-state index in [1.54, 1.807) is 0 Å². The first-order valence-electron chi connectivity index (χ1n) is 7.77. The molecule has 1 unspecified atom stereocenters. The molecule has 4 nitrogen and oxygen atoms in total. The van der Waals surface area contributed by atoms with Crippen LogP contribution < -0.4 is 0 Å². The lowest BCUT2D eigenvalue weighted by atomic mass is 9.68. The van der Waals surface area contributed by atoms with E-state index in [2.05, 4.69) is 0 Å². The molecule has 1 aliphatic carbocycles. The number of hydrogen-bond acceptors (Lipinski definition) is 3. The van der Waals surface area contributed by atoms with Crippen molar-refractivity contribution in [2.24, 2.45) is 5.41 Å². The molecular weight excluding hydrogens is 242 g/mol. The molecule has 0 aromatic carbocycles. The molecule has 0 bridgehead atoms. The molecule has 3 fully saturated rings. The van der Waals surface area contributed by atoms with E-state index >= 15 is 0 Å². The van der Waals surface area contributed by atoms with Crippen LogP contribution in [0, 0.1) is 5.41 Å². The normalized spacial score (nSPS) is 31.4. The molecular formula is C15H25NO3. The number of likely N-dealkylation sites (tertiary alicyclic amines) is 1. The van der Waals surface area contributed by atoms with Crippen LogP contribution in [0.1, 0.15) is 44.9 Å². The van der Waals surface area contributed by atoms with Crippen molar-refractivity contribution < 1.29 is 14.3 Å². The van der Waals surface area contributed by atoms with E-state index in [0.29, 0.717) is 25.2 Å². The van der Waals surface area contributed by atoms with Crippen molar-refractivity contribution in [3.63, 3.8) is 0 Å². The number of carbonyl (C=O) groups is 1. The minimum Gasteiger partial charge on any atom is -0.376 e. The molecule has 1 saturated carbocycles. The third kappa shape index (κ3) is 2.95. The van der Waals surface area contributed by atoms with Gasteiger partial charge in [-0.2, -0.15) is 0 Å². The van der Waals surface area contributed by atoms with Crippen molar-refractivity contribution in [1.82, 2.24) is 4.90 Å². The Kier molecular flexibility index (Phi) is 4.08. The van der Waals surface area contributed by atoms with Crippen LogP contribution >= 0.6 is 0 Å². The van der Waals surface area contributed by atoms with Crippen LogP contribution in [0.3, 0.4) is 0 Å². The summed E-state index contributed by atoms with van der Waals surface area (Å²) in [5, 5.41) is 0. The third-order valence-corrected chi connectivity index (χ3v) is 5.14. The Balaban J connectivity index is 1.52. The average molecular weight is 267 g/mol. The van der Waals surface area contributed by atoms with Crippen molar-refractivity contribution in [2.75, 3.05) is 32.9 Å². The summed E-state index contributed by atoms with van der Waals surface area (Å²) in [4.78, 5) is 14.3. The van der Waals surface area contributed by atoms with Gasteiger partial charge in [0.25, 0.3) is 5.91 Å². The van der Waals surface area contributed by atoms with Crippen LogP contribution in [0.25, 0.3) is 0 Å². The third-order valence-electron chi connectivity index (χ3n) is 5.14. The van der Waals surface area contributed by atoms with E-state index in [1.165, 1.54) is 44.9 Å². The van der Waals surface area contributed by atoms with Crippen LogP contribution in [0.15, 0.2) is 0 Å². The van der Waals surface area contributed by atoms with E-state index < -0.39 is 0 Å². The second kappa shape index (κ2) is 5.80. The van der Waals surface area contributed by atoms with E-state index in [9.17, 15) is 4.79 Å². The molecule has 3 rings (SSSR count). The molecule has 1 amide bonds. The van der Waals surface area contributed by atoms with E-state index in [4.69, 9.17) is 9.47 Å². The highest BCUT2D eigenvalue weighted by Gasteiger charge is 2.38. The zero-order valence-corrected chi connectivity index (χ0v) is 11.7. The van der Waals surface area contributed by atoms with Crippen LogP contribution in [0.4, 0.5) is 0 Å². The van der Waals surface area contributed by atoms with Gasteiger partial charge in [-0.05, 0) is 31.1 Å². The molecule has 1 spiro atoms. The fourth-order valence-corrected chi connectivity index (χ4v) is 3.84. The average Bonchev–Trinajstić information content (AvgIpc) is 2.49. The van der Waals surface area contributed by atoms with Gasteiger partial charge in [-0.1, -0.05) is 19.3 Å². The number of piperidine rings is 1. The minimum atomic E-state index is -0.353. The lowest BCUT2D eigenvalue weighted by molar-refractivity contribution is -0.160.